The van der Waals surface area contributed by atoms with Crippen LogP contribution in [0.3, 0.4) is 0 Å². The van der Waals surface area contributed by atoms with Crippen molar-refractivity contribution in [3.63, 3.8) is 0 Å². The van der Waals surface area contributed by atoms with Crippen LogP contribution in [0.5, 0.6) is 5.75 Å². The molecule has 3 N–H and O–H groups in total. The van der Waals surface area contributed by atoms with Crippen LogP contribution in [-0.4, -0.2) is 25.9 Å². The Morgan fingerprint density at radius 2 is 2.25 bits per heavy atom. The second kappa shape index (κ2) is 5.75. The summed E-state index contributed by atoms with van der Waals surface area (Å²) in [4.78, 5) is 12.1. The minimum absolute atomic E-state index is 0.0457. The molecule has 0 aliphatic carbocycles. The normalized spacial score (nSPS) is 12.2. The van der Waals surface area contributed by atoms with Gasteiger partial charge in [-0.1, -0.05) is 12.1 Å². The van der Waals surface area contributed by atoms with Crippen LogP contribution in [0.1, 0.15) is 34.6 Å². The molecule has 1 unspecified atom stereocenters. The van der Waals surface area contributed by atoms with E-state index in [-0.39, 0.29) is 18.3 Å². The summed E-state index contributed by atoms with van der Waals surface area (Å²) in [6.45, 7) is 1.63. The van der Waals surface area contributed by atoms with Crippen molar-refractivity contribution in [2.45, 2.75) is 19.6 Å². The van der Waals surface area contributed by atoms with Crippen molar-refractivity contribution >= 4 is 5.91 Å². The Morgan fingerprint density at radius 3 is 2.85 bits per heavy atom. The number of nitrogens with one attached hydrogen (secondary N) is 1. The molecule has 2 aromatic rings. The first-order valence-electron chi connectivity index (χ1n) is 6.24. The fraction of sp³-hybridized carbons (Fsp3) is 0.286. The van der Waals surface area contributed by atoms with Gasteiger partial charge >= 0.3 is 0 Å². The number of hydrogen-bond acceptors (Lipinski definition) is 4. The minimum atomic E-state index is -0.415. The molecular weight excluding hydrogens is 258 g/mol. The van der Waals surface area contributed by atoms with E-state index in [0.29, 0.717) is 16.8 Å². The second-order valence-electron chi connectivity index (χ2n) is 4.63. The number of benzene rings is 1. The first kappa shape index (κ1) is 14.1. The van der Waals surface area contributed by atoms with Crippen LogP contribution >= 0.6 is 0 Å². The zero-order chi connectivity index (χ0) is 14.7. The Labute approximate surface area is 116 Å². The smallest absolute Gasteiger partial charge is 0.251 e. The lowest BCUT2D eigenvalue weighted by atomic mass is 10.1. The number of carbonyl (C=O) groups is 1. The van der Waals surface area contributed by atoms with E-state index in [1.807, 2.05) is 0 Å². The predicted molar refractivity (Wildman–Crippen MR) is 73.1 cm³/mol. The van der Waals surface area contributed by atoms with E-state index < -0.39 is 6.04 Å². The average molecular weight is 275 g/mol. The van der Waals surface area contributed by atoms with Crippen LogP contribution < -0.4 is 5.32 Å². The summed E-state index contributed by atoms with van der Waals surface area (Å²) in [6, 6.07) is 6.33. The van der Waals surface area contributed by atoms with Gasteiger partial charge in [0.25, 0.3) is 5.91 Å². The lowest BCUT2D eigenvalue weighted by molar-refractivity contribution is 0.0938. The van der Waals surface area contributed by atoms with E-state index in [0.717, 1.165) is 0 Å². The van der Waals surface area contributed by atoms with Gasteiger partial charge in [-0.15, -0.1) is 0 Å². The molecule has 0 aliphatic rings. The number of aromatic hydroxyl groups is 1. The van der Waals surface area contributed by atoms with Crippen molar-refractivity contribution in [2.24, 2.45) is 7.05 Å². The lowest BCUT2D eigenvalue weighted by Gasteiger charge is -2.12. The molecule has 0 bridgehead atoms. The number of amides is 1. The Morgan fingerprint density at radius 1 is 1.50 bits per heavy atom. The summed E-state index contributed by atoms with van der Waals surface area (Å²) in [5, 5.41) is 25.6. The van der Waals surface area contributed by atoms with Crippen molar-refractivity contribution in [2.75, 3.05) is 0 Å². The molecule has 106 valence electrons. The summed E-state index contributed by atoms with van der Waals surface area (Å²) in [7, 11) is 1.70. The molecule has 1 aromatic carbocycles. The highest BCUT2D eigenvalue weighted by atomic mass is 16.3. The molecule has 6 heteroatoms. The van der Waals surface area contributed by atoms with Crippen LogP contribution in [0.4, 0.5) is 0 Å². The van der Waals surface area contributed by atoms with Crippen molar-refractivity contribution in [1.29, 1.82) is 0 Å². The summed E-state index contributed by atoms with van der Waals surface area (Å²) in [6.07, 6.45) is 1.48. The van der Waals surface area contributed by atoms with Crippen LogP contribution in [-0.2, 0) is 13.7 Å². The number of hydrogen-bond donors (Lipinski definition) is 3. The number of aliphatic hydroxyl groups excluding tert-OH is 1. The molecule has 0 spiro atoms. The largest absolute Gasteiger partial charge is 0.504 e. The lowest BCUT2D eigenvalue weighted by Crippen LogP contribution is -2.27. The number of carbonyl (C=O) groups excluding carboxylic acids is 1. The molecule has 0 radical (unpaired) electrons. The van der Waals surface area contributed by atoms with E-state index >= 15 is 0 Å². The van der Waals surface area contributed by atoms with E-state index in [4.69, 9.17) is 5.11 Å². The van der Waals surface area contributed by atoms with Gasteiger partial charge in [0.15, 0.2) is 5.75 Å². The third-order valence-corrected chi connectivity index (χ3v) is 2.97. The molecule has 20 heavy (non-hydrogen) atoms. The van der Waals surface area contributed by atoms with Gasteiger partial charge in [0, 0.05) is 12.6 Å². The predicted octanol–water partition coefficient (Wildman–Crippen LogP) is 1.11. The van der Waals surface area contributed by atoms with Crippen LogP contribution in [0.15, 0.2) is 30.5 Å². The second-order valence-corrected chi connectivity index (χ2v) is 4.63. The van der Waals surface area contributed by atoms with Crippen molar-refractivity contribution in [1.82, 2.24) is 15.1 Å². The Kier molecular flexibility index (Phi) is 4.05. The minimum Gasteiger partial charge on any atom is -0.504 e. The molecule has 0 aliphatic heterocycles. The average Bonchev–Trinajstić information content (AvgIpc) is 2.77. The van der Waals surface area contributed by atoms with Crippen molar-refractivity contribution in [3.8, 4) is 5.75 Å². The summed E-state index contributed by atoms with van der Waals surface area (Å²) < 4.78 is 1.49. The zero-order valence-corrected chi connectivity index (χ0v) is 11.4. The van der Waals surface area contributed by atoms with Gasteiger partial charge in [-0.25, -0.2) is 0 Å². The fourth-order valence-corrected chi connectivity index (χ4v) is 1.96. The Balaban J connectivity index is 2.12. The van der Waals surface area contributed by atoms with Gasteiger partial charge in [0.05, 0.1) is 18.8 Å². The monoisotopic (exact) mass is 275 g/mol. The Bertz CT molecular complexity index is 622. The van der Waals surface area contributed by atoms with Crippen LogP contribution in [0.2, 0.25) is 0 Å². The van der Waals surface area contributed by atoms with E-state index in [9.17, 15) is 9.90 Å². The molecule has 0 fully saturated rings. The molecule has 1 amide bonds. The molecule has 2 rings (SSSR count). The maximum absolute atomic E-state index is 12.1. The molecular formula is C14H17N3O3. The number of rotatable bonds is 4. The van der Waals surface area contributed by atoms with E-state index in [1.165, 1.54) is 10.9 Å². The third-order valence-electron chi connectivity index (χ3n) is 2.97. The molecule has 1 heterocycles. The summed E-state index contributed by atoms with van der Waals surface area (Å²) in [5.74, 6) is -0.234. The van der Waals surface area contributed by atoms with Gasteiger partial charge in [0.2, 0.25) is 0 Å². The van der Waals surface area contributed by atoms with Gasteiger partial charge in [-0.3, -0.25) is 9.48 Å². The molecule has 6 nitrogen and oxygen atoms in total. The van der Waals surface area contributed by atoms with Crippen LogP contribution in [0.25, 0.3) is 0 Å². The van der Waals surface area contributed by atoms with E-state index in [2.05, 4.69) is 10.4 Å². The van der Waals surface area contributed by atoms with Gasteiger partial charge in [-0.05, 0) is 24.6 Å². The van der Waals surface area contributed by atoms with Crippen LogP contribution in [0, 0.1) is 0 Å². The SMILES string of the molecule is CC(NC(=O)c1cccc(CO)c1)c1nn(C)cc1O. The first-order valence-corrected chi connectivity index (χ1v) is 6.24. The molecule has 1 atom stereocenters. The standard InChI is InChI=1S/C14H17N3O3/c1-9(13-12(19)7-17(2)16-13)15-14(20)11-5-3-4-10(6-11)8-18/h3-7,9,18-19H,8H2,1-2H3,(H,15,20). The zero-order valence-electron chi connectivity index (χ0n) is 11.4. The topological polar surface area (TPSA) is 87.4 Å². The Hall–Kier alpha value is -2.34. The molecule has 0 saturated heterocycles. The number of aromatic nitrogens is 2. The molecule has 0 saturated carbocycles. The summed E-state index contributed by atoms with van der Waals surface area (Å²) in [5.41, 5.74) is 1.55. The van der Waals surface area contributed by atoms with Crippen molar-refractivity contribution < 1.29 is 15.0 Å². The fourth-order valence-electron chi connectivity index (χ4n) is 1.96. The maximum atomic E-state index is 12.1. The first-order chi connectivity index (χ1) is 9.51. The highest BCUT2D eigenvalue weighted by molar-refractivity contribution is 5.94. The number of aryl methyl sites for hydroxylation is 1. The van der Waals surface area contributed by atoms with Crippen molar-refractivity contribution in [3.05, 3.63) is 47.3 Å². The highest BCUT2D eigenvalue weighted by Gasteiger charge is 2.17. The van der Waals surface area contributed by atoms with E-state index in [1.54, 1.807) is 38.2 Å². The maximum Gasteiger partial charge on any atom is 0.251 e. The van der Waals surface area contributed by atoms with Gasteiger partial charge < -0.3 is 15.5 Å². The number of aliphatic hydroxyl groups is 1. The van der Waals surface area contributed by atoms with Gasteiger partial charge in [-0.2, -0.15) is 5.10 Å². The molecule has 1 aromatic heterocycles. The summed E-state index contributed by atoms with van der Waals surface area (Å²) >= 11 is 0. The quantitative estimate of drug-likeness (QED) is 0.780. The van der Waals surface area contributed by atoms with Gasteiger partial charge in [0.1, 0.15) is 5.69 Å². The number of nitrogens with zero attached hydrogens (tertiary/aromatic N) is 2. The highest BCUT2D eigenvalue weighted by Crippen LogP contribution is 2.21. The third kappa shape index (κ3) is 2.97.